The van der Waals surface area contributed by atoms with Gasteiger partial charge in [0.05, 0.1) is 0 Å². The molecule has 1 amide bonds. The van der Waals surface area contributed by atoms with Crippen LogP contribution in [0.2, 0.25) is 0 Å². The maximum atomic E-state index is 12.9. The van der Waals surface area contributed by atoms with Gasteiger partial charge in [-0.15, -0.1) is 5.10 Å². The van der Waals surface area contributed by atoms with Crippen LogP contribution in [0.1, 0.15) is 39.0 Å². The molecular formula is C13H21N5OS. The summed E-state index contributed by atoms with van der Waals surface area (Å²) in [7, 11) is 0. The third kappa shape index (κ3) is 2.55. The molecule has 0 bridgehead atoms. The van der Waals surface area contributed by atoms with Gasteiger partial charge in [-0.05, 0) is 41.9 Å². The molecule has 6 nitrogen and oxygen atoms in total. The molecule has 1 atom stereocenters. The molecule has 1 saturated heterocycles. The predicted octanol–water partition coefficient (Wildman–Crippen LogP) is 1.30. The van der Waals surface area contributed by atoms with Gasteiger partial charge in [-0.3, -0.25) is 4.79 Å². The van der Waals surface area contributed by atoms with Crippen LogP contribution in [0.3, 0.4) is 0 Å². The van der Waals surface area contributed by atoms with Crippen molar-refractivity contribution in [2.45, 2.75) is 49.8 Å². The Balaban J connectivity index is 1.73. The summed E-state index contributed by atoms with van der Waals surface area (Å²) in [6.45, 7) is 3.94. The minimum absolute atomic E-state index is 0.216. The maximum absolute atomic E-state index is 12.9. The summed E-state index contributed by atoms with van der Waals surface area (Å²) in [6, 6.07) is 0. The van der Waals surface area contributed by atoms with Gasteiger partial charge in [0.2, 0.25) is 0 Å². The molecule has 0 aromatic carbocycles. The number of carbonyl (C=O) groups is 1. The van der Waals surface area contributed by atoms with E-state index in [1.165, 1.54) is 12.8 Å². The number of thioether (sulfide) groups is 1. The Bertz CT molecular complexity index is 459. The van der Waals surface area contributed by atoms with Crippen molar-refractivity contribution in [3.63, 3.8) is 0 Å². The first-order valence-electron chi connectivity index (χ1n) is 7.41. The average molecular weight is 295 g/mol. The number of carbonyl (C=O) groups excluding carboxylic acids is 1. The highest BCUT2D eigenvalue weighted by atomic mass is 32.2. The average Bonchev–Trinajstić information content (AvgIpc) is 3.15. The standard InChI is InChI=1S/C13H21N5OS/c1-2-20-11-5-3-4-8-17(9-11)12(19)13(6-7-13)18-10-14-15-16-18/h10-11H,2-9H2,1H3. The fourth-order valence-corrected chi connectivity index (χ4v) is 4.06. The van der Waals surface area contributed by atoms with Gasteiger partial charge in [-0.25, -0.2) is 4.68 Å². The Morgan fingerprint density at radius 1 is 1.45 bits per heavy atom. The molecule has 1 aromatic heterocycles. The number of aromatic nitrogens is 4. The van der Waals surface area contributed by atoms with Crippen molar-refractivity contribution in [2.75, 3.05) is 18.8 Å². The molecule has 3 rings (SSSR count). The minimum Gasteiger partial charge on any atom is -0.339 e. The van der Waals surface area contributed by atoms with Crippen LogP contribution in [-0.4, -0.2) is 55.1 Å². The van der Waals surface area contributed by atoms with Crippen LogP contribution in [0.4, 0.5) is 0 Å². The van der Waals surface area contributed by atoms with Crippen LogP contribution in [0.15, 0.2) is 6.33 Å². The van der Waals surface area contributed by atoms with Crippen molar-refractivity contribution >= 4 is 17.7 Å². The number of likely N-dealkylation sites (tertiary alicyclic amines) is 1. The van der Waals surface area contributed by atoms with E-state index < -0.39 is 5.54 Å². The molecular weight excluding hydrogens is 274 g/mol. The second-order valence-electron chi connectivity index (χ2n) is 5.61. The highest BCUT2D eigenvalue weighted by molar-refractivity contribution is 7.99. The fraction of sp³-hybridized carbons (Fsp3) is 0.846. The van der Waals surface area contributed by atoms with Crippen molar-refractivity contribution in [1.82, 2.24) is 25.1 Å². The predicted molar refractivity (Wildman–Crippen MR) is 77.4 cm³/mol. The smallest absolute Gasteiger partial charge is 0.250 e. The number of hydrogen-bond donors (Lipinski definition) is 0. The molecule has 1 aliphatic carbocycles. The highest BCUT2D eigenvalue weighted by Gasteiger charge is 2.55. The number of tetrazole rings is 1. The lowest BCUT2D eigenvalue weighted by molar-refractivity contribution is -0.136. The topological polar surface area (TPSA) is 63.9 Å². The van der Waals surface area contributed by atoms with Crippen LogP contribution in [-0.2, 0) is 10.3 Å². The number of rotatable bonds is 4. The second-order valence-corrected chi connectivity index (χ2v) is 7.19. The van der Waals surface area contributed by atoms with Crippen molar-refractivity contribution in [2.24, 2.45) is 0 Å². The van der Waals surface area contributed by atoms with Crippen LogP contribution < -0.4 is 0 Å². The third-order valence-corrected chi connectivity index (χ3v) is 5.42. The molecule has 110 valence electrons. The van der Waals surface area contributed by atoms with E-state index in [1.54, 1.807) is 11.0 Å². The zero-order valence-electron chi connectivity index (χ0n) is 11.9. The van der Waals surface area contributed by atoms with Gasteiger partial charge in [-0.1, -0.05) is 13.3 Å². The lowest BCUT2D eigenvalue weighted by Gasteiger charge is -2.28. The molecule has 2 fully saturated rings. The van der Waals surface area contributed by atoms with Crippen LogP contribution in [0, 0.1) is 0 Å². The van der Waals surface area contributed by atoms with Crippen LogP contribution in [0.5, 0.6) is 0 Å². The summed E-state index contributed by atoms with van der Waals surface area (Å²) < 4.78 is 1.65. The SMILES string of the molecule is CCSC1CCCCN(C(=O)C2(n3cnnn3)CC2)C1. The van der Waals surface area contributed by atoms with Crippen molar-refractivity contribution in [3.05, 3.63) is 6.33 Å². The van der Waals surface area contributed by atoms with Gasteiger partial charge in [-0.2, -0.15) is 11.8 Å². The molecule has 7 heteroatoms. The third-order valence-electron chi connectivity index (χ3n) is 4.23. The van der Waals surface area contributed by atoms with Gasteiger partial charge in [0.25, 0.3) is 5.91 Å². The van der Waals surface area contributed by atoms with Crippen molar-refractivity contribution < 1.29 is 4.79 Å². The normalized spacial score (nSPS) is 25.2. The van der Waals surface area contributed by atoms with Gasteiger partial charge in [0, 0.05) is 18.3 Å². The van der Waals surface area contributed by atoms with E-state index in [4.69, 9.17) is 0 Å². The zero-order chi connectivity index (χ0) is 14.0. The van der Waals surface area contributed by atoms with Gasteiger partial charge in [0.15, 0.2) is 0 Å². The van der Waals surface area contributed by atoms with Gasteiger partial charge in [0.1, 0.15) is 11.9 Å². The minimum atomic E-state index is -0.477. The highest BCUT2D eigenvalue weighted by Crippen LogP contribution is 2.44. The molecule has 1 aliphatic heterocycles. The summed E-state index contributed by atoms with van der Waals surface area (Å²) in [5, 5.41) is 11.9. The molecule has 2 heterocycles. The number of nitrogens with zero attached hydrogens (tertiary/aromatic N) is 5. The molecule has 2 aliphatic rings. The molecule has 0 spiro atoms. The van der Waals surface area contributed by atoms with Gasteiger partial charge < -0.3 is 4.90 Å². The fourth-order valence-electron chi connectivity index (χ4n) is 2.97. The molecule has 1 unspecified atom stereocenters. The lowest BCUT2D eigenvalue weighted by atomic mass is 10.2. The monoisotopic (exact) mass is 295 g/mol. The molecule has 0 radical (unpaired) electrons. The Hall–Kier alpha value is -1.11. The lowest BCUT2D eigenvalue weighted by Crippen LogP contribution is -2.44. The Morgan fingerprint density at radius 3 is 2.95 bits per heavy atom. The van der Waals surface area contributed by atoms with E-state index in [2.05, 4.69) is 27.3 Å². The summed E-state index contributed by atoms with van der Waals surface area (Å²) >= 11 is 1.97. The first-order chi connectivity index (χ1) is 9.76. The number of amides is 1. The molecule has 20 heavy (non-hydrogen) atoms. The van der Waals surface area contributed by atoms with Crippen molar-refractivity contribution in [3.8, 4) is 0 Å². The molecule has 0 N–H and O–H groups in total. The van der Waals surface area contributed by atoms with E-state index in [0.29, 0.717) is 5.25 Å². The van der Waals surface area contributed by atoms with Gasteiger partial charge >= 0.3 is 0 Å². The first kappa shape index (κ1) is 13.9. The second kappa shape index (κ2) is 5.71. The largest absolute Gasteiger partial charge is 0.339 e. The summed E-state index contributed by atoms with van der Waals surface area (Å²) in [5.41, 5.74) is -0.477. The van der Waals surface area contributed by atoms with Crippen LogP contribution >= 0.6 is 11.8 Å². The summed E-state index contributed by atoms with van der Waals surface area (Å²) in [6.07, 6.45) is 6.84. The van der Waals surface area contributed by atoms with E-state index >= 15 is 0 Å². The van der Waals surface area contributed by atoms with Crippen LogP contribution in [0.25, 0.3) is 0 Å². The Kier molecular flexibility index (Phi) is 3.96. The van der Waals surface area contributed by atoms with Crippen molar-refractivity contribution in [1.29, 1.82) is 0 Å². The summed E-state index contributed by atoms with van der Waals surface area (Å²) in [4.78, 5) is 14.9. The zero-order valence-corrected chi connectivity index (χ0v) is 12.7. The number of hydrogen-bond acceptors (Lipinski definition) is 5. The summed E-state index contributed by atoms with van der Waals surface area (Å²) in [5.74, 6) is 1.33. The molecule has 1 saturated carbocycles. The van der Waals surface area contributed by atoms with E-state index in [0.717, 1.165) is 38.1 Å². The Morgan fingerprint density at radius 2 is 2.30 bits per heavy atom. The van der Waals surface area contributed by atoms with E-state index in [1.807, 2.05) is 11.8 Å². The quantitative estimate of drug-likeness (QED) is 0.837. The first-order valence-corrected chi connectivity index (χ1v) is 8.45. The molecule has 1 aromatic rings. The Labute approximate surface area is 123 Å². The maximum Gasteiger partial charge on any atom is 0.250 e. The van der Waals surface area contributed by atoms with E-state index in [9.17, 15) is 4.79 Å². The van der Waals surface area contributed by atoms with E-state index in [-0.39, 0.29) is 5.91 Å².